The van der Waals surface area contributed by atoms with E-state index < -0.39 is 12.1 Å². The fourth-order valence-electron chi connectivity index (χ4n) is 2.56. The van der Waals surface area contributed by atoms with Crippen molar-refractivity contribution in [1.29, 1.82) is 0 Å². The molecule has 1 aromatic rings. The molecule has 1 saturated heterocycles. The molecule has 2 aliphatic rings. The minimum atomic E-state index is -0.931. The fourth-order valence-corrected chi connectivity index (χ4v) is 2.56. The van der Waals surface area contributed by atoms with Crippen LogP contribution in [0.5, 0.6) is 11.5 Å². The van der Waals surface area contributed by atoms with E-state index in [-0.39, 0.29) is 6.10 Å². The molecule has 1 aromatic carbocycles. The Morgan fingerprint density at radius 2 is 2.30 bits per heavy atom. The van der Waals surface area contributed by atoms with Crippen LogP contribution in [0.1, 0.15) is 24.8 Å². The van der Waals surface area contributed by atoms with Gasteiger partial charge >= 0.3 is 5.97 Å². The lowest BCUT2D eigenvalue weighted by Gasteiger charge is -2.22. The molecular formula is C15H18O5. The van der Waals surface area contributed by atoms with E-state index in [0.29, 0.717) is 24.5 Å². The van der Waals surface area contributed by atoms with E-state index >= 15 is 0 Å². The van der Waals surface area contributed by atoms with Crippen molar-refractivity contribution in [3.05, 3.63) is 23.8 Å². The number of hydrogen-bond acceptors (Lipinski definition) is 4. The van der Waals surface area contributed by atoms with Crippen LogP contribution in [0.2, 0.25) is 0 Å². The summed E-state index contributed by atoms with van der Waals surface area (Å²) in [5.41, 5.74) is 0.915. The van der Waals surface area contributed by atoms with E-state index in [4.69, 9.17) is 19.3 Å². The maximum absolute atomic E-state index is 10.9. The molecule has 2 heterocycles. The molecule has 0 aromatic heterocycles. The van der Waals surface area contributed by atoms with Crippen LogP contribution in [0.15, 0.2) is 18.2 Å². The van der Waals surface area contributed by atoms with Crippen LogP contribution >= 0.6 is 0 Å². The van der Waals surface area contributed by atoms with Crippen molar-refractivity contribution in [2.45, 2.75) is 37.9 Å². The van der Waals surface area contributed by atoms with Gasteiger partial charge in [-0.3, -0.25) is 0 Å². The van der Waals surface area contributed by atoms with Crippen molar-refractivity contribution in [1.82, 2.24) is 0 Å². The molecule has 2 atom stereocenters. The smallest absolute Gasteiger partial charge is 0.345 e. The monoisotopic (exact) mass is 278 g/mol. The molecule has 0 bridgehead atoms. The lowest BCUT2D eigenvalue weighted by Crippen LogP contribution is -2.25. The van der Waals surface area contributed by atoms with Gasteiger partial charge in [0, 0.05) is 19.1 Å². The summed E-state index contributed by atoms with van der Waals surface area (Å²) in [6, 6.07) is 5.49. The van der Waals surface area contributed by atoms with E-state index in [0.717, 1.165) is 25.0 Å². The van der Waals surface area contributed by atoms with Crippen molar-refractivity contribution in [3.63, 3.8) is 0 Å². The Labute approximate surface area is 117 Å². The van der Waals surface area contributed by atoms with Gasteiger partial charge in [-0.15, -0.1) is 0 Å². The minimum Gasteiger partial charge on any atom is -0.491 e. The first kappa shape index (κ1) is 13.2. The lowest BCUT2D eigenvalue weighted by molar-refractivity contribution is -0.144. The third-order valence-corrected chi connectivity index (χ3v) is 3.70. The predicted molar refractivity (Wildman–Crippen MR) is 71.3 cm³/mol. The summed E-state index contributed by atoms with van der Waals surface area (Å²) in [6.45, 7) is 1.34. The Bertz CT molecular complexity index is 493. The average molecular weight is 278 g/mol. The van der Waals surface area contributed by atoms with Gasteiger partial charge in [0.25, 0.3) is 0 Å². The molecule has 0 saturated carbocycles. The summed E-state index contributed by atoms with van der Waals surface area (Å²) in [4.78, 5) is 10.9. The van der Waals surface area contributed by atoms with Crippen molar-refractivity contribution in [2.75, 3.05) is 13.2 Å². The number of aliphatic carboxylic acids is 1. The van der Waals surface area contributed by atoms with Crippen molar-refractivity contribution in [3.8, 4) is 11.5 Å². The second-order valence-electron chi connectivity index (χ2n) is 5.22. The summed E-state index contributed by atoms with van der Waals surface area (Å²) >= 11 is 0. The standard InChI is InChI=1S/C15H18O5/c16-15(17)14-7-10-4-5-11(8-13(10)20-14)19-9-12-3-1-2-6-18-12/h4-5,8,12,14H,1-3,6-7,9H2,(H,16,17). The average Bonchev–Trinajstić information content (AvgIpc) is 2.89. The Morgan fingerprint density at radius 1 is 1.40 bits per heavy atom. The predicted octanol–water partition coefficient (Wildman–Crippen LogP) is 2.02. The zero-order valence-corrected chi connectivity index (χ0v) is 11.2. The zero-order chi connectivity index (χ0) is 13.9. The van der Waals surface area contributed by atoms with Gasteiger partial charge in [-0.2, -0.15) is 0 Å². The normalized spacial score (nSPS) is 24.8. The van der Waals surface area contributed by atoms with E-state index in [2.05, 4.69) is 0 Å². The summed E-state index contributed by atoms with van der Waals surface area (Å²) in [6.07, 6.45) is 3.13. The van der Waals surface area contributed by atoms with Crippen LogP contribution in [0.3, 0.4) is 0 Å². The highest BCUT2D eigenvalue weighted by Gasteiger charge is 2.29. The third-order valence-electron chi connectivity index (χ3n) is 3.70. The molecule has 0 aliphatic carbocycles. The second-order valence-corrected chi connectivity index (χ2v) is 5.22. The molecule has 1 N–H and O–H groups in total. The second kappa shape index (κ2) is 5.71. The molecule has 5 nitrogen and oxygen atoms in total. The van der Waals surface area contributed by atoms with Gasteiger partial charge in [-0.1, -0.05) is 6.07 Å². The molecule has 5 heteroatoms. The molecule has 2 unspecified atom stereocenters. The SMILES string of the molecule is O=C(O)C1Cc2ccc(OCC3CCCCO3)cc2O1. The zero-order valence-electron chi connectivity index (χ0n) is 11.2. The highest BCUT2D eigenvalue weighted by atomic mass is 16.5. The quantitative estimate of drug-likeness (QED) is 0.912. The summed E-state index contributed by atoms with van der Waals surface area (Å²) < 4.78 is 16.7. The molecule has 0 radical (unpaired) electrons. The summed E-state index contributed by atoms with van der Waals surface area (Å²) in [5, 5.41) is 8.96. The van der Waals surface area contributed by atoms with Crippen LogP contribution in [-0.4, -0.2) is 36.5 Å². The number of ether oxygens (including phenoxy) is 3. The van der Waals surface area contributed by atoms with Gasteiger partial charge in [-0.05, 0) is 30.9 Å². The first-order valence-corrected chi connectivity index (χ1v) is 6.99. The van der Waals surface area contributed by atoms with Crippen LogP contribution in [0, 0.1) is 0 Å². The Kier molecular flexibility index (Phi) is 3.78. The molecular weight excluding hydrogens is 260 g/mol. The summed E-state index contributed by atoms with van der Waals surface area (Å²) in [7, 11) is 0. The Morgan fingerprint density at radius 3 is 3.05 bits per heavy atom. The number of hydrogen-bond donors (Lipinski definition) is 1. The summed E-state index contributed by atoms with van der Waals surface area (Å²) in [5.74, 6) is 0.377. The molecule has 1 fully saturated rings. The highest BCUT2D eigenvalue weighted by Crippen LogP contribution is 2.32. The molecule has 2 aliphatic heterocycles. The topological polar surface area (TPSA) is 65.0 Å². The van der Waals surface area contributed by atoms with Crippen molar-refractivity contribution < 1.29 is 24.1 Å². The van der Waals surface area contributed by atoms with E-state index in [1.165, 1.54) is 6.42 Å². The fraction of sp³-hybridized carbons (Fsp3) is 0.533. The molecule has 3 rings (SSSR count). The van der Waals surface area contributed by atoms with Gasteiger partial charge in [0.1, 0.15) is 18.1 Å². The van der Waals surface area contributed by atoms with E-state index in [9.17, 15) is 4.79 Å². The van der Waals surface area contributed by atoms with Crippen LogP contribution in [0.25, 0.3) is 0 Å². The number of benzene rings is 1. The first-order valence-electron chi connectivity index (χ1n) is 6.99. The van der Waals surface area contributed by atoms with Crippen molar-refractivity contribution >= 4 is 5.97 Å². The van der Waals surface area contributed by atoms with Gasteiger partial charge in [0.2, 0.25) is 0 Å². The van der Waals surface area contributed by atoms with Gasteiger partial charge in [0.05, 0.1) is 6.10 Å². The number of carboxylic acids is 1. The van der Waals surface area contributed by atoms with Crippen LogP contribution in [-0.2, 0) is 16.0 Å². The molecule has 0 spiro atoms. The highest BCUT2D eigenvalue weighted by molar-refractivity contribution is 5.74. The number of fused-ring (bicyclic) bond motifs is 1. The number of carbonyl (C=O) groups is 1. The van der Waals surface area contributed by atoms with Gasteiger partial charge in [0.15, 0.2) is 6.10 Å². The van der Waals surface area contributed by atoms with Gasteiger partial charge in [-0.25, -0.2) is 4.79 Å². The van der Waals surface area contributed by atoms with Crippen molar-refractivity contribution in [2.24, 2.45) is 0 Å². The van der Waals surface area contributed by atoms with Gasteiger partial charge < -0.3 is 19.3 Å². The lowest BCUT2D eigenvalue weighted by atomic mass is 10.1. The number of carboxylic acid groups (broad SMARTS) is 1. The molecule has 108 valence electrons. The van der Waals surface area contributed by atoms with E-state index in [1.54, 1.807) is 6.07 Å². The van der Waals surface area contributed by atoms with Crippen LogP contribution < -0.4 is 9.47 Å². The minimum absolute atomic E-state index is 0.157. The Balaban J connectivity index is 1.59. The Hall–Kier alpha value is -1.75. The maximum atomic E-state index is 10.9. The maximum Gasteiger partial charge on any atom is 0.345 e. The van der Waals surface area contributed by atoms with Crippen LogP contribution in [0.4, 0.5) is 0 Å². The largest absolute Gasteiger partial charge is 0.491 e. The molecule has 0 amide bonds. The molecule has 20 heavy (non-hydrogen) atoms. The number of rotatable bonds is 4. The van der Waals surface area contributed by atoms with E-state index in [1.807, 2.05) is 12.1 Å². The first-order chi connectivity index (χ1) is 9.72. The third kappa shape index (κ3) is 2.88.